The van der Waals surface area contributed by atoms with E-state index in [1.807, 2.05) is 0 Å². The van der Waals surface area contributed by atoms with Crippen molar-refractivity contribution in [2.24, 2.45) is 5.73 Å². The largest absolute Gasteiger partial charge is 0.480 e. The van der Waals surface area contributed by atoms with Gasteiger partial charge >= 0.3 is 11.9 Å². The van der Waals surface area contributed by atoms with E-state index in [9.17, 15) is 9.59 Å². The van der Waals surface area contributed by atoms with Crippen LogP contribution >= 0.6 is 12.4 Å². The third-order valence-corrected chi connectivity index (χ3v) is 1.63. The minimum Gasteiger partial charge on any atom is -0.480 e. The molecule has 0 amide bonds. The van der Waals surface area contributed by atoms with E-state index in [2.05, 4.69) is 0 Å². The second-order valence-corrected chi connectivity index (χ2v) is 4.42. The van der Waals surface area contributed by atoms with Gasteiger partial charge in [0.2, 0.25) is 0 Å². The van der Waals surface area contributed by atoms with Crippen molar-refractivity contribution in [3.05, 3.63) is 0 Å². The van der Waals surface area contributed by atoms with Crippen LogP contribution in [-0.2, 0) is 14.3 Å². The molecule has 0 aliphatic rings. The van der Waals surface area contributed by atoms with Gasteiger partial charge in [-0.15, -0.1) is 12.4 Å². The number of carboxylic acids is 1. The van der Waals surface area contributed by atoms with Gasteiger partial charge in [0.15, 0.2) is 0 Å². The van der Waals surface area contributed by atoms with Crippen LogP contribution < -0.4 is 5.73 Å². The molecule has 0 heterocycles. The number of aliphatic carboxylic acids is 1. The monoisotopic (exact) mass is 253 g/mol. The number of hydrogen-bond acceptors (Lipinski definition) is 4. The molecular formula is C10H20ClNO4. The Balaban J connectivity index is 0. The zero-order valence-corrected chi connectivity index (χ0v) is 10.7. The third kappa shape index (κ3) is 9.73. The van der Waals surface area contributed by atoms with E-state index in [1.165, 1.54) is 0 Å². The molecule has 0 unspecified atom stereocenters. The summed E-state index contributed by atoms with van der Waals surface area (Å²) in [5.41, 5.74) is 4.78. The van der Waals surface area contributed by atoms with Crippen LogP contribution in [0.3, 0.4) is 0 Å². The molecule has 6 heteroatoms. The van der Waals surface area contributed by atoms with Crippen LogP contribution in [0.1, 0.15) is 40.0 Å². The fraction of sp³-hybridized carbons (Fsp3) is 0.800. The van der Waals surface area contributed by atoms with Gasteiger partial charge in [0.1, 0.15) is 11.6 Å². The van der Waals surface area contributed by atoms with E-state index >= 15 is 0 Å². The van der Waals surface area contributed by atoms with Crippen molar-refractivity contribution in [2.45, 2.75) is 51.7 Å². The average molecular weight is 254 g/mol. The molecule has 5 nitrogen and oxygen atoms in total. The van der Waals surface area contributed by atoms with E-state index in [0.717, 1.165) is 0 Å². The van der Waals surface area contributed by atoms with Gasteiger partial charge in [-0.05, 0) is 33.6 Å². The average Bonchev–Trinajstić information content (AvgIpc) is 2.00. The molecule has 0 rings (SSSR count). The van der Waals surface area contributed by atoms with Gasteiger partial charge in [0.05, 0.1) is 0 Å². The Hall–Kier alpha value is -0.810. The van der Waals surface area contributed by atoms with Crippen molar-refractivity contribution in [1.82, 2.24) is 0 Å². The summed E-state index contributed by atoms with van der Waals surface area (Å²) in [7, 11) is 0. The van der Waals surface area contributed by atoms with Crippen LogP contribution in [0.5, 0.6) is 0 Å². The van der Waals surface area contributed by atoms with Gasteiger partial charge < -0.3 is 15.6 Å². The first kappa shape index (κ1) is 17.6. The van der Waals surface area contributed by atoms with Crippen LogP contribution in [0.25, 0.3) is 0 Å². The van der Waals surface area contributed by atoms with Crippen LogP contribution in [0.15, 0.2) is 0 Å². The summed E-state index contributed by atoms with van der Waals surface area (Å²) in [5.74, 6) is -1.36. The Bertz CT molecular complexity index is 237. The van der Waals surface area contributed by atoms with Gasteiger partial charge in [-0.2, -0.15) is 0 Å². The Morgan fingerprint density at radius 2 is 1.88 bits per heavy atom. The molecule has 0 aliphatic heterocycles. The first-order chi connectivity index (χ1) is 6.72. The minimum absolute atomic E-state index is 0. The standard InChI is InChI=1S/C10H19NO4.ClH/c1-10(2,3)15-8(12)6-4-5-7(11)9(13)14;/h7H,4-6,11H2,1-3H3,(H,13,14);1H/t7-;/m0./s1. The Morgan fingerprint density at radius 3 is 2.25 bits per heavy atom. The predicted molar refractivity (Wildman–Crippen MR) is 62.6 cm³/mol. The van der Waals surface area contributed by atoms with Gasteiger partial charge in [0.25, 0.3) is 0 Å². The molecule has 0 aromatic rings. The summed E-state index contributed by atoms with van der Waals surface area (Å²) < 4.78 is 5.05. The molecular weight excluding hydrogens is 234 g/mol. The molecule has 0 aromatic heterocycles. The maximum Gasteiger partial charge on any atom is 0.320 e. The first-order valence-corrected chi connectivity index (χ1v) is 4.92. The summed E-state index contributed by atoms with van der Waals surface area (Å²) in [6, 6.07) is -0.896. The van der Waals surface area contributed by atoms with E-state index in [1.54, 1.807) is 20.8 Å². The highest BCUT2D eigenvalue weighted by atomic mass is 35.5. The molecule has 0 saturated carbocycles. The SMILES string of the molecule is CC(C)(C)OC(=O)CCC[C@H](N)C(=O)O.Cl. The van der Waals surface area contributed by atoms with Crippen molar-refractivity contribution < 1.29 is 19.4 Å². The normalized spacial score (nSPS) is 12.5. The summed E-state index contributed by atoms with van der Waals surface area (Å²) in [6.07, 6.45) is 0.926. The van der Waals surface area contributed by atoms with E-state index in [0.29, 0.717) is 6.42 Å². The van der Waals surface area contributed by atoms with Crippen LogP contribution in [0.4, 0.5) is 0 Å². The zero-order valence-electron chi connectivity index (χ0n) is 9.86. The van der Waals surface area contributed by atoms with Crippen molar-refractivity contribution in [3.8, 4) is 0 Å². The number of carboxylic acid groups (broad SMARTS) is 1. The summed E-state index contributed by atoms with van der Waals surface area (Å²) >= 11 is 0. The van der Waals surface area contributed by atoms with Crippen molar-refractivity contribution >= 4 is 24.3 Å². The molecule has 3 N–H and O–H groups in total. The molecule has 16 heavy (non-hydrogen) atoms. The predicted octanol–water partition coefficient (Wildman–Crippen LogP) is 1.33. The summed E-state index contributed by atoms with van der Waals surface area (Å²) in [6.45, 7) is 5.36. The Morgan fingerprint density at radius 1 is 1.38 bits per heavy atom. The van der Waals surface area contributed by atoms with Crippen LogP contribution in [0.2, 0.25) is 0 Å². The number of carbonyl (C=O) groups is 2. The van der Waals surface area contributed by atoms with Crippen LogP contribution in [0, 0.1) is 0 Å². The Kier molecular flexibility index (Phi) is 8.20. The lowest BCUT2D eigenvalue weighted by atomic mass is 10.1. The van der Waals surface area contributed by atoms with E-state index < -0.39 is 17.6 Å². The van der Waals surface area contributed by atoms with Gasteiger partial charge in [-0.25, -0.2) is 0 Å². The number of rotatable bonds is 5. The number of ether oxygens (including phenoxy) is 1. The van der Waals surface area contributed by atoms with Gasteiger partial charge in [0, 0.05) is 6.42 Å². The molecule has 0 fully saturated rings. The molecule has 0 bridgehead atoms. The molecule has 0 aromatic carbocycles. The maximum absolute atomic E-state index is 11.2. The smallest absolute Gasteiger partial charge is 0.320 e. The Labute approximate surface area is 102 Å². The zero-order chi connectivity index (χ0) is 12.1. The lowest BCUT2D eigenvalue weighted by molar-refractivity contribution is -0.155. The summed E-state index contributed by atoms with van der Waals surface area (Å²) in [4.78, 5) is 21.6. The fourth-order valence-electron chi connectivity index (χ4n) is 0.982. The molecule has 0 saturated heterocycles. The quantitative estimate of drug-likeness (QED) is 0.722. The van der Waals surface area contributed by atoms with Crippen molar-refractivity contribution in [3.63, 3.8) is 0 Å². The van der Waals surface area contributed by atoms with E-state index in [4.69, 9.17) is 15.6 Å². The number of carbonyl (C=O) groups excluding carboxylic acids is 1. The molecule has 0 spiro atoms. The fourth-order valence-corrected chi connectivity index (χ4v) is 0.982. The molecule has 1 atom stereocenters. The summed E-state index contributed by atoms with van der Waals surface area (Å²) in [5, 5.41) is 8.49. The molecule has 96 valence electrons. The highest BCUT2D eigenvalue weighted by Crippen LogP contribution is 2.10. The first-order valence-electron chi connectivity index (χ1n) is 4.92. The molecule has 0 aliphatic carbocycles. The highest BCUT2D eigenvalue weighted by molar-refractivity contribution is 5.85. The van der Waals surface area contributed by atoms with E-state index in [-0.39, 0.29) is 31.2 Å². The lowest BCUT2D eigenvalue weighted by Gasteiger charge is -2.19. The van der Waals surface area contributed by atoms with Crippen molar-refractivity contribution in [2.75, 3.05) is 0 Å². The second kappa shape index (κ2) is 7.46. The van der Waals surface area contributed by atoms with Gasteiger partial charge in [-0.1, -0.05) is 0 Å². The van der Waals surface area contributed by atoms with Crippen LogP contribution in [-0.4, -0.2) is 28.7 Å². The molecule has 0 radical (unpaired) electrons. The van der Waals surface area contributed by atoms with Gasteiger partial charge in [-0.3, -0.25) is 9.59 Å². The number of halogens is 1. The lowest BCUT2D eigenvalue weighted by Crippen LogP contribution is -2.30. The topological polar surface area (TPSA) is 89.6 Å². The third-order valence-electron chi connectivity index (χ3n) is 1.63. The minimum atomic E-state index is -1.04. The maximum atomic E-state index is 11.2. The number of esters is 1. The highest BCUT2D eigenvalue weighted by Gasteiger charge is 2.17. The number of hydrogen-bond donors (Lipinski definition) is 2. The number of nitrogens with two attached hydrogens (primary N) is 1. The second-order valence-electron chi connectivity index (χ2n) is 4.42. The van der Waals surface area contributed by atoms with Crippen molar-refractivity contribution in [1.29, 1.82) is 0 Å².